The molecule has 0 aliphatic rings. The van der Waals surface area contributed by atoms with Crippen LogP contribution in [0, 0.1) is 0 Å². The second-order valence-corrected chi connectivity index (χ2v) is 10.7. The molecule has 0 aliphatic carbocycles. The van der Waals surface area contributed by atoms with Crippen molar-refractivity contribution >= 4 is 23.9 Å². The summed E-state index contributed by atoms with van der Waals surface area (Å²) >= 11 is 0. The molecule has 0 amide bonds. The van der Waals surface area contributed by atoms with E-state index in [0.717, 1.165) is 103 Å². The molecule has 4 N–H and O–H groups in total. The van der Waals surface area contributed by atoms with Gasteiger partial charge >= 0.3 is 21.7 Å². The molecule has 0 heterocycles. The average molecular weight is 685 g/mol. The molecule has 0 aromatic heterocycles. The molecule has 0 aromatic carbocycles. The number of carbonyl (C=O) groups is 4. The Morgan fingerprint density at radius 1 is 0.378 bits per heavy atom. The van der Waals surface area contributed by atoms with Gasteiger partial charge in [-0.2, -0.15) is 0 Å². The number of rotatable bonds is 24. The maximum absolute atomic E-state index is 10.0. The van der Waals surface area contributed by atoms with E-state index in [1.54, 1.807) is 0 Å². The van der Waals surface area contributed by atoms with E-state index in [2.05, 4.69) is 27.7 Å². The molecule has 264 valence electrons. The summed E-state index contributed by atoms with van der Waals surface area (Å²) in [5.74, 6) is -5.44. The predicted octanol–water partition coefficient (Wildman–Crippen LogP) is 0.268. The van der Waals surface area contributed by atoms with Gasteiger partial charge in [-0.15, -0.1) is 0 Å². The fourth-order valence-corrected chi connectivity index (χ4v) is 3.53. The molecule has 0 bridgehead atoms. The van der Waals surface area contributed by atoms with Crippen LogP contribution in [0.4, 0.5) is 0 Å². The molecule has 0 fully saturated rings. The van der Waals surface area contributed by atoms with Gasteiger partial charge in [0, 0.05) is 0 Å². The van der Waals surface area contributed by atoms with Crippen molar-refractivity contribution in [3.8, 4) is 0 Å². The zero-order chi connectivity index (χ0) is 34.8. The van der Waals surface area contributed by atoms with E-state index in [1.165, 1.54) is 0 Å². The Morgan fingerprint density at radius 2 is 0.533 bits per heavy atom. The van der Waals surface area contributed by atoms with E-state index < -0.39 is 48.3 Å². The van der Waals surface area contributed by atoms with E-state index in [4.69, 9.17) is 20.4 Å². The molecule has 4 atom stereocenters. The molecule has 0 aromatic rings. The summed E-state index contributed by atoms with van der Waals surface area (Å²) in [5.41, 5.74) is 0. The average Bonchev–Trinajstić information content (AvgIpc) is 2.98. The van der Waals surface area contributed by atoms with Crippen LogP contribution in [-0.4, -0.2) is 68.7 Å². The van der Waals surface area contributed by atoms with Crippen LogP contribution in [0.3, 0.4) is 0 Å². The molecular formula is C32H60O12Ti. The van der Waals surface area contributed by atoms with Crippen molar-refractivity contribution in [2.45, 2.75) is 181 Å². The van der Waals surface area contributed by atoms with Gasteiger partial charge in [-0.25, -0.2) is 0 Å². The number of aliphatic hydroxyl groups is 4. The molecule has 0 aliphatic heterocycles. The van der Waals surface area contributed by atoms with E-state index in [-0.39, 0.29) is 21.7 Å². The largest absolute Gasteiger partial charge is 4.00 e. The molecule has 0 spiro atoms. The second kappa shape index (κ2) is 40.5. The summed E-state index contributed by atoms with van der Waals surface area (Å²) in [6.07, 6.45) is 12.1. The van der Waals surface area contributed by atoms with Crippen molar-refractivity contribution in [1.82, 2.24) is 0 Å². The zero-order valence-corrected chi connectivity index (χ0v) is 29.6. The van der Waals surface area contributed by atoms with Crippen LogP contribution in [0.15, 0.2) is 0 Å². The van der Waals surface area contributed by atoms with Gasteiger partial charge in [0.25, 0.3) is 0 Å². The van der Waals surface area contributed by atoms with E-state index in [9.17, 15) is 39.6 Å². The number of hydrogen-bond donors (Lipinski definition) is 4. The molecular weight excluding hydrogens is 624 g/mol. The summed E-state index contributed by atoms with van der Waals surface area (Å²) < 4.78 is 0. The number of carboxylic acid groups (broad SMARTS) is 4. The van der Waals surface area contributed by atoms with Gasteiger partial charge in [-0.3, -0.25) is 0 Å². The Balaban J connectivity index is -0.000000157. The third-order valence-electron chi connectivity index (χ3n) is 6.41. The number of aliphatic hydroxyl groups excluding tert-OH is 4. The molecule has 0 radical (unpaired) electrons. The monoisotopic (exact) mass is 684 g/mol. The first-order valence-corrected chi connectivity index (χ1v) is 16.3. The van der Waals surface area contributed by atoms with Crippen LogP contribution in [0.1, 0.15) is 156 Å². The number of carboxylic acids is 4. The topological polar surface area (TPSA) is 241 Å². The molecule has 4 unspecified atom stereocenters. The Bertz CT molecular complexity index is 567. The Hall–Kier alpha value is -1.57. The summed E-state index contributed by atoms with van der Waals surface area (Å²) in [7, 11) is 0. The molecule has 45 heavy (non-hydrogen) atoms. The minimum Gasteiger partial charge on any atom is -0.547 e. The van der Waals surface area contributed by atoms with E-state index in [1.807, 2.05) is 0 Å². The van der Waals surface area contributed by atoms with Crippen LogP contribution < -0.4 is 20.4 Å². The van der Waals surface area contributed by atoms with Gasteiger partial charge in [-0.1, -0.05) is 130 Å². The van der Waals surface area contributed by atoms with Gasteiger partial charge in [0.1, 0.15) is 0 Å². The van der Waals surface area contributed by atoms with Crippen LogP contribution >= 0.6 is 0 Å². The Kier molecular flexibility index (Phi) is 47.6. The van der Waals surface area contributed by atoms with Crippen LogP contribution in [0.5, 0.6) is 0 Å². The Labute approximate surface area is 285 Å². The van der Waals surface area contributed by atoms with Crippen molar-refractivity contribution in [3.05, 3.63) is 0 Å². The van der Waals surface area contributed by atoms with Crippen molar-refractivity contribution in [3.63, 3.8) is 0 Å². The number of hydrogen-bond acceptors (Lipinski definition) is 12. The zero-order valence-electron chi connectivity index (χ0n) is 28.0. The summed E-state index contributed by atoms with van der Waals surface area (Å²) in [4.78, 5) is 40.0. The number of unbranched alkanes of at least 4 members (excludes halogenated alkanes) is 12. The number of carbonyl (C=O) groups excluding carboxylic acids is 4. The standard InChI is InChI=1S/4C8H16O3.Ti/c4*1-2-3-4-5-6-7(9)8(10)11;/h4*7,9H,2-6H2,1H3,(H,10,11);/q;;;;+4/p-4. The third kappa shape index (κ3) is 47.0. The normalized spacial score (nSPS) is 12.6. The molecule has 0 saturated heterocycles. The van der Waals surface area contributed by atoms with E-state index >= 15 is 0 Å². The molecule has 13 heteroatoms. The SMILES string of the molecule is CCCCCCC(O)C(=O)[O-].CCCCCCC(O)C(=O)[O-].CCCCCCC(O)C(=O)[O-].CCCCCCC(O)C(=O)[O-].[Ti+4]. The number of aliphatic carboxylic acids is 4. The summed E-state index contributed by atoms with van der Waals surface area (Å²) in [6.45, 7) is 8.31. The van der Waals surface area contributed by atoms with Crippen molar-refractivity contribution in [1.29, 1.82) is 0 Å². The quantitative estimate of drug-likeness (QED) is 0.0791. The van der Waals surface area contributed by atoms with Crippen LogP contribution in [0.25, 0.3) is 0 Å². The summed E-state index contributed by atoms with van der Waals surface area (Å²) in [5, 5.41) is 75.1. The molecule has 0 rings (SSSR count). The smallest absolute Gasteiger partial charge is 0.547 e. The van der Waals surface area contributed by atoms with Gasteiger partial charge in [0.15, 0.2) is 0 Å². The maximum Gasteiger partial charge on any atom is 4.00 e. The minimum atomic E-state index is -1.36. The first-order chi connectivity index (χ1) is 20.7. The van der Waals surface area contributed by atoms with Gasteiger partial charge in [-0.05, 0) is 25.7 Å². The van der Waals surface area contributed by atoms with E-state index in [0.29, 0.717) is 25.7 Å². The first kappa shape index (κ1) is 52.9. The molecule has 12 nitrogen and oxygen atoms in total. The molecule has 0 saturated carbocycles. The van der Waals surface area contributed by atoms with Crippen LogP contribution in [0.2, 0.25) is 0 Å². The van der Waals surface area contributed by atoms with Crippen molar-refractivity contribution in [2.75, 3.05) is 0 Å². The fourth-order valence-electron chi connectivity index (χ4n) is 3.53. The van der Waals surface area contributed by atoms with Crippen LogP contribution in [-0.2, 0) is 40.9 Å². The third-order valence-corrected chi connectivity index (χ3v) is 6.41. The van der Waals surface area contributed by atoms with Gasteiger partial charge in [0.2, 0.25) is 0 Å². The van der Waals surface area contributed by atoms with Gasteiger partial charge in [0.05, 0.1) is 48.3 Å². The first-order valence-electron chi connectivity index (χ1n) is 16.3. The van der Waals surface area contributed by atoms with Gasteiger partial charge < -0.3 is 60.0 Å². The maximum atomic E-state index is 10.0. The second-order valence-electron chi connectivity index (χ2n) is 10.7. The predicted molar refractivity (Wildman–Crippen MR) is 159 cm³/mol. The summed E-state index contributed by atoms with van der Waals surface area (Å²) in [6, 6.07) is 0. The van der Waals surface area contributed by atoms with Crippen molar-refractivity contribution in [2.24, 2.45) is 0 Å². The fraction of sp³-hybridized carbons (Fsp3) is 0.875. The van der Waals surface area contributed by atoms with Crippen molar-refractivity contribution < 1.29 is 81.7 Å². The minimum absolute atomic E-state index is 0. The Morgan fingerprint density at radius 3 is 0.644 bits per heavy atom.